The molecule has 0 unspecified atom stereocenters. The first kappa shape index (κ1) is 36.4. The van der Waals surface area contributed by atoms with Gasteiger partial charge >= 0.3 is 0 Å². The zero-order valence-electron chi connectivity index (χ0n) is 27.6. The Balaban J connectivity index is 1.60. The number of halogens is 2. The number of carbonyl (C=O) groups is 2. The van der Waals surface area contributed by atoms with Crippen molar-refractivity contribution in [2.45, 2.75) is 69.0 Å². The summed E-state index contributed by atoms with van der Waals surface area (Å²) in [6.45, 7) is 1.32. The molecule has 1 atom stereocenters. The number of carbonyl (C=O) groups excluding carboxylic acids is 2. The predicted octanol–water partition coefficient (Wildman–Crippen LogP) is 7.70. The summed E-state index contributed by atoms with van der Waals surface area (Å²) in [7, 11) is -2.89. The average Bonchev–Trinajstić information content (AvgIpc) is 3.09. The van der Waals surface area contributed by atoms with Crippen molar-refractivity contribution in [1.29, 1.82) is 0 Å². The van der Waals surface area contributed by atoms with E-state index in [1.807, 2.05) is 61.5 Å². The molecule has 0 radical (unpaired) electrons. The summed E-state index contributed by atoms with van der Waals surface area (Å²) in [5, 5.41) is 3.50. The van der Waals surface area contributed by atoms with Crippen LogP contribution in [0.15, 0.2) is 106 Å². The van der Waals surface area contributed by atoms with E-state index in [0.717, 1.165) is 57.6 Å². The highest BCUT2D eigenvalue weighted by Crippen LogP contribution is 2.35. The number of benzene rings is 4. The van der Waals surface area contributed by atoms with Crippen LogP contribution in [0.2, 0.25) is 5.02 Å². The molecule has 49 heavy (non-hydrogen) atoms. The van der Waals surface area contributed by atoms with Crippen LogP contribution < -0.4 is 14.4 Å². The van der Waals surface area contributed by atoms with Crippen molar-refractivity contribution in [2.75, 3.05) is 18.0 Å². The lowest BCUT2D eigenvalue weighted by Crippen LogP contribution is -2.55. The molecule has 258 valence electrons. The Bertz CT molecular complexity index is 1850. The molecule has 1 aliphatic carbocycles. The molecule has 0 bridgehead atoms. The Kier molecular flexibility index (Phi) is 12.4. The van der Waals surface area contributed by atoms with Crippen molar-refractivity contribution in [3.05, 3.63) is 123 Å². The van der Waals surface area contributed by atoms with Crippen LogP contribution in [0.3, 0.4) is 0 Å². The van der Waals surface area contributed by atoms with Gasteiger partial charge in [0, 0.05) is 28.5 Å². The lowest BCUT2D eigenvalue weighted by molar-refractivity contribution is -0.140. The van der Waals surface area contributed by atoms with E-state index < -0.39 is 28.5 Å². The number of hydrogen-bond donors (Lipinski definition) is 1. The van der Waals surface area contributed by atoms with Crippen LogP contribution in [0.5, 0.6) is 5.75 Å². The highest BCUT2D eigenvalue weighted by atomic mass is 79.9. The zero-order valence-corrected chi connectivity index (χ0v) is 30.8. The molecule has 4 aromatic carbocycles. The van der Waals surface area contributed by atoms with Gasteiger partial charge in [-0.2, -0.15) is 0 Å². The molecule has 0 saturated heterocycles. The molecule has 11 heteroatoms. The lowest BCUT2D eigenvalue weighted by Gasteiger charge is -2.35. The quantitative estimate of drug-likeness (QED) is 0.151. The smallest absolute Gasteiger partial charge is 0.264 e. The van der Waals surface area contributed by atoms with Gasteiger partial charge in [-0.3, -0.25) is 13.9 Å². The number of sulfonamides is 1. The van der Waals surface area contributed by atoms with E-state index in [0.29, 0.717) is 0 Å². The van der Waals surface area contributed by atoms with Gasteiger partial charge in [-0.25, -0.2) is 8.42 Å². The average molecular weight is 767 g/mol. The van der Waals surface area contributed by atoms with Gasteiger partial charge < -0.3 is 15.0 Å². The summed E-state index contributed by atoms with van der Waals surface area (Å²) in [5.74, 6) is -0.605. The SMILES string of the molecule is COc1ccc(Cl)cc1N(CC(=O)N(Cc1cccc(Br)c1)[C@H](Cc1ccccc1)C(=O)NC1CCCCC1)S(=O)(=O)c1ccc(C)cc1. The van der Waals surface area contributed by atoms with Gasteiger partial charge in [-0.05, 0) is 73.4 Å². The maximum Gasteiger partial charge on any atom is 0.264 e. The van der Waals surface area contributed by atoms with Crippen LogP contribution in [-0.4, -0.2) is 50.9 Å². The van der Waals surface area contributed by atoms with Gasteiger partial charge in [0.05, 0.1) is 17.7 Å². The molecule has 1 aliphatic rings. The summed E-state index contributed by atoms with van der Waals surface area (Å²) in [6.07, 6.45) is 5.18. The lowest BCUT2D eigenvalue weighted by atomic mass is 9.94. The van der Waals surface area contributed by atoms with Crippen LogP contribution in [0, 0.1) is 6.92 Å². The minimum atomic E-state index is -4.32. The van der Waals surface area contributed by atoms with Crippen LogP contribution in [0.1, 0.15) is 48.8 Å². The molecule has 5 rings (SSSR count). The van der Waals surface area contributed by atoms with Gasteiger partial charge in [0.15, 0.2) is 0 Å². The number of methoxy groups -OCH3 is 1. The predicted molar refractivity (Wildman–Crippen MR) is 197 cm³/mol. The molecule has 2 amide bonds. The first-order valence-corrected chi connectivity index (χ1v) is 19.0. The number of nitrogens with one attached hydrogen (secondary N) is 1. The van der Waals surface area contributed by atoms with Crippen molar-refractivity contribution >= 4 is 55.1 Å². The monoisotopic (exact) mass is 765 g/mol. The summed E-state index contributed by atoms with van der Waals surface area (Å²) < 4.78 is 36.2. The van der Waals surface area contributed by atoms with Gasteiger partial charge in [-0.1, -0.05) is 107 Å². The third-order valence-corrected chi connectivity index (χ3v) is 11.3. The number of ether oxygens (including phenoxy) is 1. The standard InChI is InChI=1S/C38H41BrClN3O5S/c1-27-16-19-33(20-17-27)49(46,47)43(34-24-31(40)18-21-36(34)48-2)26-37(44)42(25-29-12-9-13-30(39)22-29)35(23-28-10-5-3-6-11-28)38(45)41-32-14-7-4-8-15-32/h3,5-6,9-13,16-22,24,32,35H,4,7-8,14-15,23,25-26H2,1-2H3,(H,41,45)/t35-/m1/s1. The normalized spacial score (nSPS) is 14.1. The van der Waals surface area contributed by atoms with Gasteiger partial charge in [-0.15, -0.1) is 0 Å². The van der Waals surface area contributed by atoms with Gasteiger partial charge in [0.1, 0.15) is 18.3 Å². The van der Waals surface area contributed by atoms with Crippen molar-refractivity contribution in [1.82, 2.24) is 10.2 Å². The van der Waals surface area contributed by atoms with Crippen molar-refractivity contribution in [3.8, 4) is 5.75 Å². The van der Waals surface area contributed by atoms with Crippen molar-refractivity contribution in [3.63, 3.8) is 0 Å². The summed E-state index contributed by atoms with van der Waals surface area (Å²) in [4.78, 5) is 30.6. The molecule has 0 heterocycles. The Hall–Kier alpha value is -3.86. The second-order valence-electron chi connectivity index (χ2n) is 12.3. The third-order valence-electron chi connectivity index (χ3n) is 8.76. The van der Waals surface area contributed by atoms with Crippen molar-refractivity contribution in [2.24, 2.45) is 0 Å². The number of nitrogens with zero attached hydrogens (tertiary/aromatic N) is 2. The fourth-order valence-corrected chi connectivity index (χ4v) is 8.17. The molecule has 1 saturated carbocycles. The highest BCUT2D eigenvalue weighted by Gasteiger charge is 2.36. The number of aryl methyl sites for hydroxylation is 1. The van der Waals surface area contributed by atoms with Crippen molar-refractivity contribution < 1.29 is 22.7 Å². The Morgan fingerprint density at radius 3 is 2.29 bits per heavy atom. The Morgan fingerprint density at radius 1 is 0.918 bits per heavy atom. The molecular formula is C38H41BrClN3O5S. The molecular weight excluding hydrogens is 726 g/mol. The van der Waals surface area contributed by atoms with E-state index in [4.69, 9.17) is 16.3 Å². The van der Waals surface area contributed by atoms with E-state index in [1.54, 1.807) is 24.3 Å². The van der Waals surface area contributed by atoms with Crippen LogP contribution in [-0.2, 0) is 32.6 Å². The molecule has 4 aromatic rings. The summed E-state index contributed by atoms with van der Waals surface area (Å²) in [6, 6.07) is 27.2. The van der Waals surface area contributed by atoms with E-state index in [1.165, 1.54) is 30.2 Å². The molecule has 1 fully saturated rings. The maximum atomic E-state index is 14.8. The molecule has 0 spiro atoms. The fraction of sp³-hybridized carbons (Fsp3) is 0.316. The number of amides is 2. The Labute approximate surface area is 302 Å². The summed E-state index contributed by atoms with van der Waals surface area (Å²) in [5.41, 5.74) is 2.64. The summed E-state index contributed by atoms with van der Waals surface area (Å²) >= 11 is 9.93. The largest absolute Gasteiger partial charge is 0.495 e. The minimum absolute atomic E-state index is 0.00217. The third kappa shape index (κ3) is 9.44. The molecule has 0 aliphatic heterocycles. The zero-order chi connectivity index (χ0) is 35.0. The second kappa shape index (κ2) is 16.7. The highest BCUT2D eigenvalue weighted by molar-refractivity contribution is 9.10. The molecule has 1 N–H and O–H groups in total. The van der Waals surface area contributed by atoms with Crippen LogP contribution >= 0.6 is 27.5 Å². The molecule has 8 nitrogen and oxygen atoms in total. The fourth-order valence-electron chi connectivity index (χ4n) is 6.14. The second-order valence-corrected chi connectivity index (χ2v) is 15.6. The van der Waals surface area contributed by atoms with Gasteiger partial charge in [0.25, 0.3) is 10.0 Å². The molecule has 0 aromatic heterocycles. The number of rotatable bonds is 13. The van der Waals surface area contributed by atoms with Gasteiger partial charge in [0.2, 0.25) is 11.8 Å². The van der Waals surface area contributed by atoms with E-state index >= 15 is 0 Å². The minimum Gasteiger partial charge on any atom is -0.495 e. The first-order chi connectivity index (χ1) is 23.5. The number of anilines is 1. The van der Waals surface area contributed by atoms with E-state index in [9.17, 15) is 18.0 Å². The Morgan fingerprint density at radius 2 is 1.61 bits per heavy atom. The number of hydrogen-bond acceptors (Lipinski definition) is 5. The maximum absolute atomic E-state index is 14.8. The van der Waals surface area contributed by atoms with Crippen LogP contribution in [0.25, 0.3) is 0 Å². The van der Waals surface area contributed by atoms with Crippen LogP contribution in [0.4, 0.5) is 5.69 Å². The van der Waals surface area contributed by atoms with E-state index in [2.05, 4.69) is 21.2 Å². The van der Waals surface area contributed by atoms with E-state index in [-0.39, 0.29) is 46.3 Å². The first-order valence-electron chi connectivity index (χ1n) is 16.4. The topological polar surface area (TPSA) is 96.0 Å².